The lowest BCUT2D eigenvalue weighted by Gasteiger charge is -2.34. The Bertz CT molecular complexity index is 448. The molecule has 0 spiro atoms. The number of amides is 2. The molecule has 0 heterocycles. The molecule has 4 heteroatoms. The van der Waals surface area contributed by atoms with Gasteiger partial charge in [-0.2, -0.15) is 0 Å². The van der Waals surface area contributed by atoms with Crippen LogP contribution in [-0.4, -0.2) is 24.9 Å². The molecule has 0 aromatic rings. The van der Waals surface area contributed by atoms with E-state index in [-0.39, 0.29) is 11.8 Å². The molecule has 6 unspecified atom stereocenters. The molecule has 0 aliphatic heterocycles. The van der Waals surface area contributed by atoms with Crippen molar-refractivity contribution in [2.75, 3.05) is 13.1 Å². The van der Waals surface area contributed by atoms with Gasteiger partial charge in [0.2, 0.25) is 11.8 Å². The van der Waals surface area contributed by atoms with Crippen molar-refractivity contribution in [1.29, 1.82) is 0 Å². The van der Waals surface area contributed by atoms with Gasteiger partial charge < -0.3 is 10.6 Å². The maximum atomic E-state index is 11.4. The first kappa shape index (κ1) is 14.6. The van der Waals surface area contributed by atoms with Gasteiger partial charge in [0, 0.05) is 20.0 Å². The predicted octanol–water partition coefficient (Wildman–Crippen LogP) is 1.72. The summed E-state index contributed by atoms with van der Waals surface area (Å²) >= 11 is 0. The number of nitrogens with one attached hydrogen (secondary N) is 2. The Morgan fingerprint density at radius 1 is 1.10 bits per heavy atom. The van der Waals surface area contributed by atoms with E-state index < -0.39 is 0 Å². The van der Waals surface area contributed by atoms with E-state index in [1.54, 1.807) is 6.92 Å². The highest BCUT2D eigenvalue weighted by molar-refractivity contribution is 5.86. The molecule has 0 saturated heterocycles. The predicted molar refractivity (Wildman–Crippen MR) is 81.3 cm³/mol. The molecule has 116 valence electrons. The number of fused-ring (bicyclic) bond motifs is 5. The Hall–Kier alpha value is -1.32. The molecule has 3 rings (SSSR count). The van der Waals surface area contributed by atoms with E-state index in [1.807, 2.05) is 0 Å². The van der Waals surface area contributed by atoms with Crippen LogP contribution in [0, 0.1) is 35.5 Å². The second kappa shape index (κ2) is 5.82. The zero-order valence-electron chi connectivity index (χ0n) is 12.8. The summed E-state index contributed by atoms with van der Waals surface area (Å²) in [6, 6.07) is 0. The lowest BCUT2D eigenvalue weighted by Crippen LogP contribution is -2.37. The molecule has 3 aliphatic carbocycles. The average molecular weight is 290 g/mol. The van der Waals surface area contributed by atoms with Gasteiger partial charge in [0.25, 0.3) is 0 Å². The monoisotopic (exact) mass is 290 g/mol. The van der Waals surface area contributed by atoms with E-state index in [4.69, 9.17) is 0 Å². The minimum absolute atomic E-state index is 0.0508. The molecular weight excluding hydrogens is 264 g/mol. The zero-order valence-corrected chi connectivity index (χ0v) is 12.8. The zero-order chi connectivity index (χ0) is 15.0. The van der Waals surface area contributed by atoms with Crippen LogP contribution in [-0.2, 0) is 9.59 Å². The van der Waals surface area contributed by atoms with Gasteiger partial charge in [-0.3, -0.25) is 9.59 Å². The van der Waals surface area contributed by atoms with Crippen molar-refractivity contribution in [1.82, 2.24) is 10.6 Å². The smallest absolute Gasteiger partial charge is 0.243 e. The molecule has 21 heavy (non-hydrogen) atoms. The Balaban J connectivity index is 1.56. The number of carbonyl (C=O) groups excluding carboxylic acids is 2. The lowest BCUT2D eigenvalue weighted by molar-refractivity contribution is -0.119. The first-order valence-corrected chi connectivity index (χ1v) is 8.24. The fraction of sp³-hybridized carbons (Fsp3) is 0.765. The van der Waals surface area contributed by atoms with Crippen LogP contribution in [0.3, 0.4) is 0 Å². The molecule has 2 amide bonds. The molecule has 3 saturated carbocycles. The third-order valence-corrected chi connectivity index (χ3v) is 6.13. The van der Waals surface area contributed by atoms with Crippen LogP contribution < -0.4 is 10.6 Å². The largest absolute Gasteiger partial charge is 0.356 e. The van der Waals surface area contributed by atoms with Gasteiger partial charge in [-0.05, 0) is 67.3 Å². The van der Waals surface area contributed by atoms with Crippen molar-refractivity contribution < 1.29 is 9.59 Å². The highest BCUT2D eigenvalue weighted by Crippen LogP contribution is 2.62. The first-order chi connectivity index (χ1) is 10.1. The maximum Gasteiger partial charge on any atom is 0.243 e. The summed E-state index contributed by atoms with van der Waals surface area (Å²) in [4.78, 5) is 22.5. The van der Waals surface area contributed by atoms with Crippen LogP contribution in [0.5, 0.6) is 0 Å². The lowest BCUT2D eigenvalue weighted by atomic mass is 9.73. The molecule has 6 atom stereocenters. The number of hydrogen-bond acceptors (Lipinski definition) is 2. The standard InChI is InChI=1S/C17H26N2O2/c1-3-16(21)19-8-11-4-5-14-15-7-12(17(11)14)6-13(15)9-18-10(2)20/h3,11-15,17H,1,4-9H2,2H3,(H,18,20)(H,19,21). The van der Waals surface area contributed by atoms with Crippen LogP contribution in [0.25, 0.3) is 0 Å². The fourth-order valence-electron chi connectivity index (χ4n) is 5.47. The third kappa shape index (κ3) is 2.72. The summed E-state index contributed by atoms with van der Waals surface area (Å²) in [5, 5.41) is 5.99. The second-order valence-corrected chi connectivity index (χ2v) is 7.12. The van der Waals surface area contributed by atoms with Crippen LogP contribution in [0.1, 0.15) is 32.6 Å². The van der Waals surface area contributed by atoms with Gasteiger partial charge in [0.05, 0.1) is 0 Å². The van der Waals surface area contributed by atoms with Crippen LogP contribution >= 0.6 is 0 Å². The summed E-state index contributed by atoms with van der Waals surface area (Å²) in [6.45, 7) is 6.78. The summed E-state index contributed by atoms with van der Waals surface area (Å²) in [7, 11) is 0. The van der Waals surface area contributed by atoms with E-state index in [0.717, 1.165) is 36.8 Å². The first-order valence-electron chi connectivity index (χ1n) is 8.24. The third-order valence-electron chi connectivity index (χ3n) is 6.13. The Kier molecular flexibility index (Phi) is 4.05. The number of rotatable bonds is 5. The minimum atomic E-state index is -0.0508. The van der Waals surface area contributed by atoms with Gasteiger partial charge in [-0.25, -0.2) is 0 Å². The average Bonchev–Trinajstić information content (AvgIpc) is 3.13. The molecule has 0 radical (unpaired) electrons. The summed E-state index contributed by atoms with van der Waals surface area (Å²) in [5.74, 6) is 4.61. The van der Waals surface area contributed by atoms with Crippen molar-refractivity contribution in [3.8, 4) is 0 Å². The minimum Gasteiger partial charge on any atom is -0.356 e. The summed E-state index contributed by atoms with van der Waals surface area (Å²) in [5.41, 5.74) is 0. The maximum absolute atomic E-state index is 11.4. The van der Waals surface area contributed by atoms with Crippen molar-refractivity contribution >= 4 is 11.8 Å². The second-order valence-electron chi connectivity index (χ2n) is 7.12. The fourth-order valence-corrected chi connectivity index (χ4v) is 5.47. The number of carbonyl (C=O) groups is 2. The van der Waals surface area contributed by atoms with Gasteiger partial charge in [-0.15, -0.1) is 0 Å². The van der Waals surface area contributed by atoms with Gasteiger partial charge in [0.1, 0.15) is 0 Å². The normalized spacial score (nSPS) is 39.9. The molecule has 3 fully saturated rings. The SMILES string of the molecule is C=CC(=O)NCC1CCC2C3CC(CC3CNC(C)=O)C12. The number of hydrogen-bond donors (Lipinski definition) is 2. The summed E-state index contributed by atoms with van der Waals surface area (Å²) in [6.07, 6.45) is 6.50. The van der Waals surface area contributed by atoms with Gasteiger partial charge in [-0.1, -0.05) is 6.58 Å². The van der Waals surface area contributed by atoms with E-state index in [0.29, 0.717) is 11.8 Å². The highest BCUT2D eigenvalue weighted by Gasteiger charge is 2.56. The molecule has 2 N–H and O–H groups in total. The molecule has 4 nitrogen and oxygen atoms in total. The Morgan fingerprint density at radius 3 is 2.57 bits per heavy atom. The van der Waals surface area contributed by atoms with Crippen molar-refractivity contribution in [3.05, 3.63) is 12.7 Å². The molecule has 0 aromatic carbocycles. The van der Waals surface area contributed by atoms with E-state index >= 15 is 0 Å². The van der Waals surface area contributed by atoms with Gasteiger partial charge in [0.15, 0.2) is 0 Å². The van der Waals surface area contributed by atoms with Crippen molar-refractivity contribution in [2.45, 2.75) is 32.6 Å². The Morgan fingerprint density at radius 2 is 1.86 bits per heavy atom. The van der Waals surface area contributed by atoms with Crippen molar-refractivity contribution in [2.24, 2.45) is 35.5 Å². The van der Waals surface area contributed by atoms with Crippen molar-refractivity contribution in [3.63, 3.8) is 0 Å². The van der Waals surface area contributed by atoms with Crippen LogP contribution in [0.2, 0.25) is 0 Å². The van der Waals surface area contributed by atoms with E-state index in [9.17, 15) is 9.59 Å². The Labute approximate surface area is 126 Å². The van der Waals surface area contributed by atoms with Crippen LogP contribution in [0.15, 0.2) is 12.7 Å². The van der Waals surface area contributed by atoms with Gasteiger partial charge >= 0.3 is 0 Å². The van der Waals surface area contributed by atoms with Crippen LogP contribution in [0.4, 0.5) is 0 Å². The molecule has 2 bridgehead atoms. The molecule has 0 aromatic heterocycles. The van der Waals surface area contributed by atoms with E-state index in [1.165, 1.54) is 31.8 Å². The molecular formula is C17H26N2O2. The quantitative estimate of drug-likeness (QED) is 0.758. The topological polar surface area (TPSA) is 58.2 Å². The van der Waals surface area contributed by atoms with E-state index in [2.05, 4.69) is 17.2 Å². The molecule has 3 aliphatic rings. The highest BCUT2D eigenvalue weighted by atomic mass is 16.2. The summed E-state index contributed by atoms with van der Waals surface area (Å²) < 4.78 is 0.